The summed E-state index contributed by atoms with van der Waals surface area (Å²) < 4.78 is 7.26. The highest BCUT2D eigenvalue weighted by Crippen LogP contribution is 2.32. The van der Waals surface area contributed by atoms with Crippen molar-refractivity contribution < 1.29 is 4.74 Å². The van der Waals surface area contributed by atoms with Gasteiger partial charge < -0.3 is 10.1 Å². The molecule has 0 saturated heterocycles. The molecule has 0 amide bonds. The van der Waals surface area contributed by atoms with Gasteiger partial charge in [0, 0.05) is 28.3 Å². The van der Waals surface area contributed by atoms with Gasteiger partial charge in [-0.15, -0.1) is 11.3 Å². The maximum atomic E-state index is 5.89. The lowest BCUT2D eigenvalue weighted by Gasteiger charge is -2.10. The van der Waals surface area contributed by atoms with Crippen molar-refractivity contribution in [3.05, 3.63) is 34.7 Å². The number of ether oxygens (including phenoxy) is 1. The summed E-state index contributed by atoms with van der Waals surface area (Å²) in [4.78, 5) is 1.42. The predicted octanol–water partition coefficient (Wildman–Crippen LogP) is 4.82. The molecule has 0 saturated carbocycles. The Balaban J connectivity index is 2.13. The number of nitrogens with one attached hydrogen (secondary N) is 1. The van der Waals surface area contributed by atoms with E-state index in [-0.39, 0.29) is 0 Å². The first-order chi connectivity index (χ1) is 10.1. The Morgan fingerprint density at radius 1 is 1.10 bits per heavy atom. The van der Waals surface area contributed by atoms with E-state index < -0.39 is 0 Å². The SMILES string of the molecule is CC(C)CNCc1sc2ccccc2c1COCC(C)C. The minimum absolute atomic E-state index is 0.581. The van der Waals surface area contributed by atoms with Crippen LogP contribution in [-0.4, -0.2) is 13.2 Å². The van der Waals surface area contributed by atoms with E-state index in [0.29, 0.717) is 11.8 Å². The molecule has 2 nitrogen and oxygen atoms in total. The third kappa shape index (κ3) is 4.80. The Morgan fingerprint density at radius 3 is 2.57 bits per heavy atom. The van der Waals surface area contributed by atoms with Crippen molar-refractivity contribution in [1.82, 2.24) is 5.32 Å². The van der Waals surface area contributed by atoms with Crippen LogP contribution in [0.25, 0.3) is 10.1 Å². The van der Waals surface area contributed by atoms with Gasteiger partial charge >= 0.3 is 0 Å². The lowest BCUT2D eigenvalue weighted by atomic mass is 10.1. The zero-order valence-electron chi connectivity index (χ0n) is 13.6. The molecular weight excluding hydrogens is 278 g/mol. The standard InChI is InChI=1S/C18H27NOS/c1-13(2)9-19-10-18-16(12-20-11-14(3)4)15-7-5-6-8-17(15)21-18/h5-8,13-14,19H,9-12H2,1-4H3. The second-order valence-corrected chi connectivity index (χ2v) is 7.57. The summed E-state index contributed by atoms with van der Waals surface area (Å²) in [6, 6.07) is 8.65. The number of hydrogen-bond acceptors (Lipinski definition) is 3. The van der Waals surface area contributed by atoms with E-state index in [1.807, 2.05) is 11.3 Å². The van der Waals surface area contributed by atoms with Crippen LogP contribution in [0, 0.1) is 11.8 Å². The van der Waals surface area contributed by atoms with Gasteiger partial charge in [-0.05, 0) is 29.8 Å². The molecule has 116 valence electrons. The molecule has 2 aromatic rings. The molecule has 0 aliphatic rings. The summed E-state index contributed by atoms with van der Waals surface area (Å²) >= 11 is 1.89. The zero-order chi connectivity index (χ0) is 15.2. The quantitative estimate of drug-likeness (QED) is 0.755. The number of benzene rings is 1. The topological polar surface area (TPSA) is 21.3 Å². The summed E-state index contributed by atoms with van der Waals surface area (Å²) in [6.07, 6.45) is 0. The van der Waals surface area contributed by atoms with Crippen molar-refractivity contribution >= 4 is 21.4 Å². The molecule has 1 aromatic carbocycles. The average Bonchev–Trinajstić information content (AvgIpc) is 2.76. The Bertz CT molecular complexity index is 559. The summed E-state index contributed by atoms with van der Waals surface area (Å²) in [5, 5.41) is 4.91. The molecule has 1 aromatic heterocycles. The van der Waals surface area contributed by atoms with E-state index in [4.69, 9.17) is 4.74 Å². The normalized spacial score (nSPS) is 11.9. The van der Waals surface area contributed by atoms with E-state index in [2.05, 4.69) is 57.3 Å². The lowest BCUT2D eigenvalue weighted by molar-refractivity contribution is 0.0975. The maximum Gasteiger partial charge on any atom is 0.0734 e. The second kappa shape index (κ2) is 7.92. The molecule has 0 bridgehead atoms. The number of thiophene rings is 1. The average molecular weight is 305 g/mol. The molecule has 0 unspecified atom stereocenters. The van der Waals surface area contributed by atoms with Crippen LogP contribution in [0.4, 0.5) is 0 Å². The number of fused-ring (bicyclic) bond motifs is 1. The van der Waals surface area contributed by atoms with Crippen molar-refractivity contribution in [2.24, 2.45) is 11.8 Å². The number of hydrogen-bond donors (Lipinski definition) is 1. The van der Waals surface area contributed by atoms with Crippen molar-refractivity contribution in [1.29, 1.82) is 0 Å². The first kappa shape index (κ1) is 16.5. The van der Waals surface area contributed by atoms with Crippen molar-refractivity contribution in [2.75, 3.05) is 13.2 Å². The smallest absolute Gasteiger partial charge is 0.0734 e. The van der Waals surface area contributed by atoms with Crippen LogP contribution in [0.1, 0.15) is 38.1 Å². The van der Waals surface area contributed by atoms with Gasteiger partial charge in [0.05, 0.1) is 6.61 Å². The highest BCUT2D eigenvalue weighted by atomic mass is 32.1. The maximum absolute atomic E-state index is 5.89. The predicted molar refractivity (Wildman–Crippen MR) is 92.9 cm³/mol. The minimum Gasteiger partial charge on any atom is -0.376 e. The van der Waals surface area contributed by atoms with Gasteiger partial charge in [0.15, 0.2) is 0 Å². The molecule has 1 N–H and O–H groups in total. The molecular formula is C18H27NOS. The Morgan fingerprint density at radius 2 is 1.86 bits per heavy atom. The molecule has 0 aliphatic heterocycles. The Labute approximate surface area is 132 Å². The Kier molecular flexibility index (Phi) is 6.22. The molecule has 0 radical (unpaired) electrons. The lowest BCUT2D eigenvalue weighted by Crippen LogP contribution is -2.19. The summed E-state index contributed by atoms with van der Waals surface area (Å²) in [5.41, 5.74) is 1.37. The second-order valence-electron chi connectivity index (χ2n) is 6.43. The van der Waals surface area contributed by atoms with Gasteiger partial charge in [-0.1, -0.05) is 45.9 Å². The van der Waals surface area contributed by atoms with Crippen LogP contribution in [0.3, 0.4) is 0 Å². The van der Waals surface area contributed by atoms with Crippen LogP contribution in [-0.2, 0) is 17.9 Å². The molecule has 2 rings (SSSR count). The molecule has 21 heavy (non-hydrogen) atoms. The fraction of sp³-hybridized carbons (Fsp3) is 0.556. The van der Waals surface area contributed by atoms with E-state index in [1.54, 1.807) is 0 Å². The van der Waals surface area contributed by atoms with E-state index >= 15 is 0 Å². The van der Waals surface area contributed by atoms with Crippen molar-refractivity contribution in [3.8, 4) is 0 Å². The van der Waals surface area contributed by atoms with Gasteiger partial charge in [-0.2, -0.15) is 0 Å². The van der Waals surface area contributed by atoms with Gasteiger partial charge in [0.25, 0.3) is 0 Å². The van der Waals surface area contributed by atoms with Crippen LogP contribution >= 0.6 is 11.3 Å². The fourth-order valence-electron chi connectivity index (χ4n) is 2.32. The van der Waals surface area contributed by atoms with Gasteiger partial charge in [0.1, 0.15) is 0 Å². The van der Waals surface area contributed by atoms with Crippen LogP contribution < -0.4 is 5.32 Å². The fourth-order valence-corrected chi connectivity index (χ4v) is 3.50. The van der Waals surface area contributed by atoms with Crippen LogP contribution in [0.5, 0.6) is 0 Å². The van der Waals surface area contributed by atoms with E-state index in [1.165, 1.54) is 20.5 Å². The van der Waals surface area contributed by atoms with E-state index in [9.17, 15) is 0 Å². The molecule has 0 spiro atoms. The number of rotatable bonds is 8. The first-order valence-electron chi connectivity index (χ1n) is 7.85. The van der Waals surface area contributed by atoms with Gasteiger partial charge in [-0.25, -0.2) is 0 Å². The third-order valence-corrected chi connectivity index (χ3v) is 4.53. The largest absolute Gasteiger partial charge is 0.376 e. The Hall–Kier alpha value is -0.900. The highest BCUT2D eigenvalue weighted by Gasteiger charge is 2.12. The van der Waals surface area contributed by atoms with Crippen LogP contribution in [0.2, 0.25) is 0 Å². The summed E-state index contributed by atoms with van der Waals surface area (Å²) in [5.74, 6) is 1.26. The highest BCUT2D eigenvalue weighted by molar-refractivity contribution is 7.19. The van der Waals surface area contributed by atoms with Crippen molar-refractivity contribution in [2.45, 2.75) is 40.8 Å². The first-order valence-corrected chi connectivity index (χ1v) is 8.67. The van der Waals surface area contributed by atoms with Crippen LogP contribution in [0.15, 0.2) is 24.3 Å². The molecule has 0 aliphatic carbocycles. The third-order valence-electron chi connectivity index (χ3n) is 3.32. The summed E-state index contributed by atoms with van der Waals surface area (Å²) in [7, 11) is 0. The molecule has 1 heterocycles. The van der Waals surface area contributed by atoms with Crippen molar-refractivity contribution in [3.63, 3.8) is 0 Å². The summed E-state index contributed by atoms with van der Waals surface area (Å²) in [6.45, 7) is 12.4. The minimum atomic E-state index is 0.581. The zero-order valence-corrected chi connectivity index (χ0v) is 14.4. The molecule has 3 heteroatoms. The van der Waals surface area contributed by atoms with Gasteiger partial charge in [0.2, 0.25) is 0 Å². The molecule has 0 fully saturated rings. The van der Waals surface area contributed by atoms with Gasteiger partial charge in [-0.3, -0.25) is 0 Å². The van der Waals surface area contributed by atoms with E-state index in [0.717, 1.165) is 26.3 Å². The molecule has 0 atom stereocenters. The monoisotopic (exact) mass is 305 g/mol.